The van der Waals surface area contributed by atoms with Crippen LogP contribution in [0.4, 0.5) is 0 Å². The van der Waals surface area contributed by atoms with Crippen LogP contribution in [0.3, 0.4) is 0 Å². The lowest BCUT2D eigenvalue weighted by atomic mass is 9.94. The van der Waals surface area contributed by atoms with Gasteiger partial charge in [-0.2, -0.15) is 0 Å². The number of rotatable bonds is 5. The lowest BCUT2D eigenvalue weighted by molar-refractivity contribution is -0.154. The van der Waals surface area contributed by atoms with Crippen molar-refractivity contribution in [3.63, 3.8) is 0 Å². The highest BCUT2D eigenvalue weighted by atomic mass is 16.7. The van der Waals surface area contributed by atoms with Gasteiger partial charge in [-0.25, -0.2) is 0 Å². The van der Waals surface area contributed by atoms with E-state index >= 15 is 0 Å². The molecule has 0 radical (unpaired) electrons. The molecule has 84 valence electrons. The summed E-state index contributed by atoms with van der Waals surface area (Å²) < 4.78 is 15.7. The van der Waals surface area contributed by atoms with Crippen LogP contribution < -0.4 is 5.73 Å². The minimum atomic E-state index is -0.245. The molecule has 0 heterocycles. The van der Waals surface area contributed by atoms with E-state index in [1.54, 1.807) is 14.2 Å². The summed E-state index contributed by atoms with van der Waals surface area (Å²) in [6.07, 6.45) is 4.33. The molecule has 1 aliphatic rings. The van der Waals surface area contributed by atoms with Crippen LogP contribution >= 0.6 is 0 Å². The van der Waals surface area contributed by atoms with E-state index in [0.29, 0.717) is 18.8 Å². The van der Waals surface area contributed by atoms with Gasteiger partial charge in [0.2, 0.25) is 0 Å². The molecule has 0 saturated heterocycles. The van der Waals surface area contributed by atoms with Crippen molar-refractivity contribution in [2.45, 2.75) is 44.1 Å². The molecule has 1 rings (SSSR count). The van der Waals surface area contributed by atoms with Crippen LogP contribution in [0.25, 0.3) is 0 Å². The SMILES string of the molecule is COC(COC1CCC(N)CC1)OC. The Labute approximate surface area is 85.7 Å². The molecule has 1 fully saturated rings. The van der Waals surface area contributed by atoms with Gasteiger partial charge in [0.25, 0.3) is 0 Å². The van der Waals surface area contributed by atoms with E-state index in [0.717, 1.165) is 25.7 Å². The molecule has 14 heavy (non-hydrogen) atoms. The Morgan fingerprint density at radius 2 is 1.71 bits per heavy atom. The fraction of sp³-hybridized carbons (Fsp3) is 1.00. The Hall–Kier alpha value is -0.160. The van der Waals surface area contributed by atoms with Crippen LogP contribution in [0.1, 0.15) is 25.7 Å². The average Bonchev–Trinajstić information content (AvgIpc) is 2.22. The molecule has 0 atom stereocenters. The van der Waals surface area contributed by atoms with Gasteiger partial charge in [0.1, 0.15) is 0 Å². The van der Waals surface area contributed by atoms with E-state index in [-0.39, 0.29) is 6.29 Å². The molecule has 4 nitrogen and oxygen atoms in total. The van der Waals surface area contributed by atoms with Gasteiger partial charge in [-0.1, -0.05) is 0 Å². The first-order chi connectivity index (χ1) is 6.76. The van der Waals surface area contributed by atoms with Crippen molar-refractivity contribution in [1.82, 2.24) is 0 Å². The van der Waals surface area contributed by atoms with Gasteiger partial charge in [0.05, 0.1) is 12.7 Å². The second kappa shape index (κ2) is 6.35. The maximum atomic E-state index is 5.80. The summed E-state index contributed by atoms with van der Waals surface area (Å²) in [5.41, 5.74) is 5.80. The van der Waals surface area contributed by atoms with Gasteiger partial charge in [0.15, 0.2) is 6.29 Å². The van der Waals surface area contributed by atoms with Gasteiger partial charge in [-0.15, -0.1) is 0 Å². The predicted octanol–water partition coefficient (Wildman–Crippen LogP) is 0.892. The van der Waals surface area contributed by atoms with Crippen molar-refractivity contribution in [1.29, 1.82) is 0 Å². The Bertz CT molecular complexity index is 142. The maximum absolute atomic E-state index is 5.80. The van der Waals surface area contributed by atoms with Crippen LogP contribution in [0.5, 0.6) is 0 Å². The number of ether oxygens (including phenoxy) is 3. The highest BCUT2D eigenvalue weighted by Crippen LogP contribution is 2.19. The van der Waals surface area contributed by atoms with Crippen molar-refractivity contribution >= 4 is 0 Å². The fourth-order valence-electron chi connectivity index (χ4n) is 1.70. The zero-order chi connectivity index (χ0) is 10.4. The van der Waals surface area contributed by atoms with Crippen LogP contribution in [-0.4, -0.2) is 39.3 Å². The van der Waals surface area contributed by atoms with E-state index in [2.05, 4.69) is 0 Å². The third kappa shape index (κ3) is 3.92. The van der Waals surface area contributed by atoms with Gasteiger partial charge >= 0.3 is 0 Å². The second-order valence-corrected chi connectivity index (χ2v) is 3.77. The number of nitrogens with two attached hydrogens (primary N) is 1. The molecular formula is C10H21NO3. The van der Waals surface area contributed by atoms with E-state index in [9.17, 15) is 0 Å². The first kappa shape index (κ1) is 11.9. The Morgan fingerprint density at radius 1 is 1.14 bits per heavy atom. The minimum Gasteiger partial charge on any atom is -0.373 e. The van der Waals surface area contributed by atoms with Gasteiger partial charge in [-0.3, -0.25) is 0 Å². The zero-order valence-corrected chi connectivity index (χ0v) is 9.07. The number of methoxy groups -OCH3 is 2. The smallest absolute Gasteiger partial charge is 0.180 e. The molecule has 0 unspecified atom stereocenters. The molecule has 0 aromatic heterocycles. The molecule has 0 aromatic rings. The van der Waals surface area contributed by atoms with Crippen molar-refractivity contribution < 1.29 is 14.2 Å². The molecule has 0 bridgehead atoms. The van der Waals surface area contributed by atoms with Crippen molar-refractivity contribution in [3.8, 4) is 0 Å². The third-order valence-corrected chi connectivity index (χ3v) is 2.71. The molecule has 4 heteroatoms. The van der Waals surface area contributed by atoms with Crippen molar-refractivity contribution in [2.24, 2.45) is 5.73 Å². The first-order valence-electron chi connectivity index (χ1n) is 5.19. The third-order valence-electron chi connectivity index (χ3n) is 2.71. The van der Waals surface area contributed by atoms with Crippen molar-refractivity contribution in [2.75, 3.05) is 20.8 Å². The summed E-state index contributed by atoms with van der Waals surface area (Å²) in [7, 11) is 3.24. The first-order valence-corrected chi connectivity index (χ1v) is 5.19. The van der Waals surface area contributed by atoms with E-state index in [4.69, 9.17) is 19.9 Å². The molecular weight excluding hydrogens is 182 g/mol. The summed E-state index contributed by atoms with van der Waals surface area (Å²) in [6, 6.07) is 0.371. The molecule has 0 spiro atoms. The highest BCUT2D eigenvalue weighted by Gasteiger charge is 2.19. The molecule has 0 amide bonds. The summed E-state index contributed by atoms with van der Waals surface area (Å²) >= 11 is 0. The Balaban J connectivity index is 2.12. The standard InChI is InChI=1S/C10H21NO3/c1-12-10(13-2)7-14-9-5-3-8(11)4-6-9/h8-10H,3-7,11H2,1-2H3. The Morgan fingerprint density at radius 3 is 2.21 bits per heavy atom. The molecule has 1 saturated carbocycles. The fourth-order valence-corrected chi connectivity index (χ4v) is 1.70. The minimum absolute atomic E-state index is 0.245. The molecule has 0 aliphatic heterocycles. The average molecular weight is 203 g/mol. The zero-order valence-electron chi connectivity index (χ0n) is 9.07. The second-order valence-electron chi connectivity index (χ2n) is 3.77. The summed E-state index contributed by atoms with van der Waals surface area (Å²) in [6.45, 7) is 0.507. The van der Waals surface area contributed by atoms with Crippen LogP contribution in [-0.2, 0) is 14.2 Å². The Kier molecular flexibility index (Phi) is 5.40. The quantitative estimate of drug-likeness (QED) is 0.674. The lowest BCUT2D eigenvalue weighted by Crippen LogP contribution is -2.32. The summed E-state index contributed by atoms with van der Waals surface area (Å²) in [4.78, 5) is 0. The maximum Gasteiger partial charge on any atom is 0.180 e. The van der Waals surface area contributed by atoms with E-state index in [1.807, 2.05) is 0 Å². The summed E-state index contributed by atoms with van der Waals surface area (Å²) in [5.74, 6) is 0. The van der Waals surface area contributed by atoms with Crippen molar-refractivity contribution in [3.05, 3.63) is 0 Å². The van der Waals surface area contributed by atoms with E-state index in [1.165, 1.54) is 0 Å². The monoisotopic (exact) mass is 203 g/mol. The number of hydrogen-bond donors (Lipinski definition) is 1. The predicted molar refractivity (Wildman–Crippen MR) is 54.0 cm³/mol. The van der Waals surface area contributed by atoms with Crippen LogP contribution in [0, 0.1) is 0 Å². The van der Waals surface area contributed by atoms with Crippen LogP contribution in [0.2, 0.25) is 0 Å². The lowest BCUT2D eigenvalue weighted by Gasteiger charge is -2.27. The highest BCUT2D eigenvalue weighted by molar-refractivity contribution is 4.74. The number of hydrogen-bond acceptors (Lipinski definition) is 4. The molecule has 1 aliphatic carbocycles. The van der Waals surface area contributed by atoms with Gasteiger partial charge < -0.3 is 19.9 Å². The molecule has 0 aromatic carbocycles. The van der Waals surface area contributed by atoms with E-state index < -0.39 is 0 Å². The summed E-state index contributed by atoms with van der Waals surface area (Å²) in [5, 5.41) is 0. The van der Waals surface area contributed by atoms with Gasteiger partial charge in [0, 0.05) is 20.3 Å². The molecule has 2 N–H and O–H groups in total. The normalized spacial score (nSPS) is 28.3. The largest absolute Gasteiger partial charge is 0.373 e. The van der Waals surface area contributed by atoms with Gasteiger partial charge in [-0.05, 0) is 25.7 Å². The van der Waals surface area contributed by atoms with Crippen LogP contribution in [0.15, 0.2) is 0 Å². The topological polar surface area (TPSA) is 53.7 Å².